The molecule has 8 heteroatoms. The number of hydrogen-bond acceptors (Lipinski definition) is 5. The standard InChI is InChI=1S/C23H26N2O5S/c1-16-10-12-18(13-11-16)31(27,28)24-14-20-22-19(24)8-5-9-21(22)30-25(20)23(26)29-15-17-6-3-2-4-7-17/h2-4,6-7,10-13,19-22H,5,8-9,14-15H2,1H3/t19-,20-,21+,22+/m0/s1. The summed E-state index contributed by atoms with van der Waals surface area (Å²) in [5.74, 6) is -0.0294. The minimum absolute atomic E-state index is 0.0294. The van der Waals surface area contributed by atoms with Crippen molar-refractivity contribution in [2.24, 2.45) is 5.92 Å². The van der Waals surface area contributed by atoms with Gasteiger partial charge in [-0.1, -0.05) is 48.0 Å². The number of carbonyl (C=O) groups is 1. The molecule has 0 unspecified atom stereocenters. The van der Waals surface area contributed by atoms with Crippen molar-refractivity contribution in [3.05, 3.63) is 65.7 Å². The van der Waals surface area contributed by atoms with E-state index in [1.807, 2.05) is 49.4 Å². The molecule has 164 valence electrons. The van der Waals surface area contributed by atoms with Crippen LogP contribution < -0.4 is 0 Å². The van der Waals surface area contributed by atoms with E-state index in [9.17, 15) is 13.2 Å². The SMILES string of the molecule is Cc1ccc(S(=O)(=O)N2C[C@H]3[C@@H]4[C@@H](CCC[C@@H]42)ON3C(=O)OCc2ccccc2)cc1. The third-order valence-corrected chi connectivity index (χ3v) is 8.51. The van der Waals surface area contributed by atoms with E-state index >= 15 is 0 Å². The molecule has 4 atom stereocenters. The second-order valence-corrected chi connectivity index (χ2v) is 10.4. The summed E-state index contributed by atoms with van der Waals surface area (Å²) in [5.41, 5.74) is 1.90. The van der Waals surface area contributed by atoms with Crippen molar-refractivity contribution in [2.75, 3.05) is 6.54 Å². The second-order valence-electron chi connectivity index (χ2n) is 8.54. The Balaban J connectivity index is 1.36. The molecule has 2 aromatic rings. The average molecular weight is 443 g/mol. The summed E-state index contributed by atoms with van der Waals surface area (Å²) in [7, 11) is -3.65. The molecule has 2 aromatic carbocycles. The molecule has 3 fully saturated rings. The molecule has 0 spiro atoms. The van der Waals surface area contributed by atoms with Crippen molar-refractivity contribution in [1.82, 2.24) is 9.37 Å². The van der Waals surface area contributed by atoms with Crippen LogP contribution in [-0.4, -0.2) is 48.6 Å². The molecule has 2 saturated heterocycles. The zero-order chi connectivity index (χ0) is 21.6. The Kier molecular flexibility index (Phi) is 5.24. The summed E-state index contributed by atoms with van der Waals surface area (Å²) in [4.78, 5) is 19.1. The van der Waals surface area contributed by atoms with E-state index in [1.165, 1.54) is 5.06 Å². The summed E-state index contributed by atoms with van der Waals surface area (Å²) in [6.07, 6.45) is 1.74. The molecule has 3 aliphatic rings. The number of aryl methyl sites for hydroxylation is 1. The van der Waals surface area contributed by atoms with Gasteiger partial charge in [-0.2, -0.15) is 9.37 Å². The lowest BCUT2D eigenvalue weighted by Gasteiger charge is -2.33. The monoisotopic (exact) mass is 442 g/mol. The van der Waals surface area contributed by atoms with E-state index in [0.29, 0.717) is 4.90 Å². The largest absolute Gasteiger partial charge is 0.443 e. The van der Waals surface area contributed by atoms with Gasteiger partial charge >= 0.3 is 6.09 Å². The Morgan fingerprint density at radius 1 is 1.06 bits per heavy atom. The first-order chi connectivity index (χ1) is 14.9. The number of nitrogens with zero attached hydrogens (tertiary/aromatic N) is 2. The average Bonchev–Trinajstić information content (AvgIpc) is 3.36. The van der Waals surface area contributed by atoms with Crippen molar-refractivity contribution in [3.8, 4) is 0 Å². The smallest absolute Gasteiger partial charge is 0.434 e. The van der Waals surface area contributed by atoms with Gasteiger partial charge in [0.15, 0.2) is 0 Å². The van der Waals surface area contributed by atoms with E-state index in [1.54, 1.807) is 16.4 Å². The highest BCUT2D eigenvalue weighted by Gasteiger charge is 2.60. The molecular formula is C23H26N2O5S. The summed E-state index contributed by atoms with van der Waals surface area (Å²) < 4.78 is 33.9. The zero-order valence-electron chi connectivity index (χ0n) is 17.4. The number of sulfonamides is 1. The predicted molar refractivity (Wildman–Crippen MR) is 113 cm³/mol. The van der Waals surface area contributed by atoms with Crippen molar-refractivity contribution in [2.45, 2.75) is 55.9 Å². The highest BCUT2D eigenvalue weighted by atomic mass is 32.2. The van der Waals surface area contributed by atoms with Gasteiger partial charge in [-0.15, -0.1) is 0 Å². The van der Waals surface area contributed by atoms with Gasteiger partial charge in [0.1, 0.15) is 6.61 Å². The van der Waals surface area contributed by atoms with Crippen molar-refractivity contribution in [1.29, 1.82) is 0 Å². The lowest BCUT2D eigenvalue weighted by molar-refractivity contribution is -0.150. The predicted octanol–water partition coefficient (Wildman–Crippen LogP) is 3.49. The van der Waals surface area contributed by atoms with E-state index in [-0.39, 0.29) is 37.3 Å². The van der Waals surface area contributed by atoms with Gasteiger partial charge in [0.05, 0.1) is 17.0 Å². The Bertz CT molecular complexity index is 1060. The number of rotatable bonds is 4. The Morgan fingerprint density at radius 3 is 2.55 bits per heavy atom. The Morgan fingerprint density at radius 2 is 1.81 bits per heavy atom. The van der Waals surface area contributed by atoms with Crippen LogP contribution in [0.15, 0.2) is 59.5 Å². The first-order valence-electron chi connectivity index (χ1n) is 10.7. The maximum Gasteiger partial charge on any atom is 0.434 e. The van der Waals surface area contributed by atoms with E-state index in [0.717, 1.165) is 30.4 Å². The van der Waals surface area contributed by atoms with Crippen molar-refractivity contribution in [3.63, 3.8) is 0 Å². The molecule has 0 aromatic heterocycles. The second kappa shape index (κ2) is 7.93. The Hall–Kier alpha value is -2.42. The molecule has 1 saturated carbocycles. The van der Waals surface area contributed by atoms with Crippen LogP contribution in [0.4, 0.5) is 4.79 Å². The molecule has 1 aliphatic carbocycles. The molecule has 7 nitrogen and oxygen atoms in total. The summed E-state index contributed by atoms with van der Waals surface area (Å²) in [6.45, 7) is 2.30. The fourth-order valence-electron chi connectivity index (χ4n) is 5.10. The summed E-state index contributed by atoms with van der Waals surface area (Å²) in [6, 6.07) is 15.9. The molecule has 2 heterocycles. The lowest BCUT2D eigenvalue weighted by Crippen LogP contribution is -2.44. The van der Waals surface area contributed by atoms with Gasteiger partial charge < -0.3 is 4.74 Å². The fourth-order valence-corrected chi connectivity index (χ4v) is 6.81. The van der Waals surface area contributed by atoms with Gasteiger partial charge in [-0.3, -0.25) is 4.84 Å². The number of hydrogen-bond donors (Lipinski definition) is 0. The van der Waals surface area contributed by atoms with Crippen LogP contribution in [0.25, 0.3) is 0 Å². The Labute approximate surface area is 182 Å². The molecule has 31 heavy (non-hydrogen) atoms. The molecule has 0 radical (unpaired) electrons. The maximum atomic E-state index is 13.4. The van der Waals surface area contributed by atoms with Crippen LogP contribution >= 0.6 is 0 Å². The normalized spacial score (nSPS) is 27.8. The van der Waals surface area contributed by atoms with E-state index in [4.69, 9.17) is 9.57 Å². The molecule has 0 bridgehead atoms. The van der Waals surface area contributed by atoms with Gasteiger partial charge in [0.25, 0.3) is 0 Å². The highest BCUT2D eigenvalue weighted by molar-refractivity contribution is 7.89. The zero-order valence-corrected chi connectivity index (χ0v) is 18.2. The molecular weight excluding hydrogens is 416 g/mol. The first kappa shape index (κ1) is 20.5. The summed E-state index contributed by atoms with van der Waals surface area (Å²) in [5, 5.41) is 1.29. The maximum absolute atomic E-state index is 13.4. The van der Waals surface area contributed by atoms with Gasteiger partial charge in [0.2, 0.25) is 10.0 Å². The van der Waals surface area contributed by atoms with E-state index < -0.39 is 16.1 Å². The van der Waals surface area contributed by atoms with Crippen LogP contribution in [0.1, 0.15) is 30.4 Å². The molecule has 1 amide bonds. The quantitative estimate of drug-likeness (QED) is 0.725. The van der Waals surface area contributed by atoms with Crippen molar-refractivity contribution < 1.29 is 22.8 Å². The summed E-state index contributed by atoms with van der Waals surface area (Å²) >= 11 is 0. The number of hydroxylamine groups is 2. The minimum Gasteiger partial charge on any atom is -0.443 e. The van der Waals surface area contributed by atoms with E-state index in [2.05, 4.69) is 0 Å². The van der Waals surface area contributed by atoms with Gasteiger partial charge in [0, 0.05) is 18.5 Å². The van der Waals surface area contributed by atoms with Gasteiger partial charge in [-0.05, 0) is 43.9 Å². The van der Waals surface area contributed by atoms with Crippen LogP contribution in [0.3, 0.4) is 0 Å². The van der Waals surface area contributed by atoms with Crippen LogP contribution in [0.2, 0.25) is 0 Å². The molecule has 0 N–H and O–H groups in total. The minimum atomic E-state index is -3.65. The van der Waals surface area contributed by atoms with Crippen molar-refractivity contribution >= 4 is 16.1 Å². The third kappa shape index (κ3) is 3.62. The van der Waals surface area contributed by atoms with Crippen LogP contribution in [-0.2, 0) is 26.2 Å². The molecule has 5 rings (SSSR count). The first-order valence-corrected chi connectivity index (χ1v) is 12.1. The number of carbonyl (C=O) groups excluding carboxylic acids is 1. The number of benzene rings is 2. The number of ether oxygens (including phenoxy) is 1. The molecule has 2 aliphatic heterocycles. The fraction of sp³-hybridized carbons (Fsp3) is 0.435. The van der Waals surface area contributed by atoms with Crippen LogP contribution in [0, 0.1) is 12.8 Å². The van der Waals surface area contributed by atoms with Crippen LogP contribution in [0.5, 0.6) is 0 Å². The highest BCUT2D eigenvalue weighted by Crippen LogP contribution is 2.47. The third-order valence-electron chi connectivity index (χ3n) is 6.61. The lowest BCUT2D eigenvalue weighted by atomic mass is 9.81. The topological polar surface area (TPSA) is 76.2 Å². The van der Waals surface area contributed by atoms with Gasteiger partial charge in [-0.25, -0.2) is 13.2 Å². The number of amides is 1.